The fraction of sp³-hybridized carbons (Fsp3) is 0.745. The van der Waals surface area contributed by atoms with Crippen LogP contribution in [0.2, 0.25) is 0 Å². The number of carbonyl (C=O) groups excluding carboxylic acids is 6. The van der Waals surface area contributed by atoms with Crippen LogP contribution in [0.5, 0.6) is 5.75 Å². The Bertz CT molecular complexity index is 1360. The maximum absolute atomic E-state index is 12.8. The van der Waals surface area contributed by atoms with Gasteiger partial charge in [-0.3, -0.25) is 28.8 Å². The number of unbranched alkanes of at least 4 members (excludes halogenated alkanes) is 15. The maximum atomic E-state index is 12.8. The lowest BCUT2D eigenvalue weighted by Gasteiger charge is -2.19. The molecule has 0 aliphatic heterocycles. The summed E-state index contributed by atoms with van der Waals surface area (Å²) in [6.45, 7) is 6.04. The number of nitrogens with one attached hydrogen (secondary N) is 4. The van der Waals surface area contributed by atoms with Gasteiger partial charge in [0, 0.05) is 51.9 Å². The topological polar surface area (TPSA) is 215 Å². The molecular weight excluding hydrogens is 779 g/mol. The second kappa shape index (κ2) is 36.7. The molecule has 0 radical (unpaired) electrons. The summed E-state index contributed by atoms with van der Waals surface area (Å²) in [5, 5.41) is 21.0. The lowest BCUT2D eigenvalue weighted by molar-refractivity contribution is -0.130. The molecule has 0 fully saturated rings. The first-order valence-corrected chi connectivity index (χ1v) is 23.2. The molecule has 7 N–H and O–H groups in total. The number of Topliss-reactive ketones (excluding diaryl/α,β-unsaturated/α-hetero) is 2. The fourth-order valence-electron chi connectivity index (χ4n) is 6.92. The number of hydrogen-bond acceptors (Lipinski definition) is 10. The summed E-state index contributed by atoms with van der Waals surface area (Å²) in [5.41, 5.74) is 6.82. The Hall–Kier alpha value is -3.88. The van der Waals surface area contributed by atoms with E-state index in [1.807, 2.05) is 0 Å². The smallest absolute Gasteiger partial charge is 0.245 e. The van der Waals surface area contributed by atoms with Gasteiger partial charge in [-0.05, 0) is 76.5 Å². The third-order valence-corrected chi connectivity index (χ3v) is 10.9. The average Bonchev–Trinajstić information content (AvgIpc) is 3.23. The summed E-state index contributed by atoms with van der Waals surface area (Å²) in [6.07, 6.45) is 20.7. The van der Waals surface area contributed by atoms with Crippen LogP contribution in [0.15, 0.2) is 24.3 Å². The molecule has 1 aromatic carbocycles. The van der Waals surface area contributed by atoms with Gasteiger partial charge in [-0.25, -0.2) is 0 Å². The number of methoxy groups -OCH3 is 1. The van der Waals surface area contributed by atoms with Crippen molar-refractivity contribution in [1.82, 2.24) is 21.3 Å². The highest BCUT2D eigenvalue weighted by Gasteiger charge is 2.25. The Morgan fingerprint density at radius 2 is 1.10 bits per heavy atom. The monoisotopic (exact) mass is 860 g/mol. The van der Waals surface area contributed by atoms with Gasteiger partial charge in [0.1, 0.15) is 18.1 Å². The quantitative estimate of drug-likeness (QED) is 0.0415. The number of ether oxygens (including phenoxy) is 2. The van der Waals surface area contributed by atoms with E-state index in [-0.39, 0.29) is 54.5 Å². The zero-order valence-electron chi connectivity index (χ0n) is 37.8. The minimum absolute atomic E-state index is 0.0392. The van der Waals surface area contributed by atoms with Crippen molar-refractivity contribution in [1.29, 1.82) is 0 Å². The van der Waals surface area contributed by atoms with Crippen LogP contribution in [0.4, 0.5) is 0 Å². The number of ketones is 2. The van der Waals surface area contributed by atoms with Crippen LogP contribution in [0.1, 0.15) is 161 Å². The van der Waals surface area contributed by atoms with E-state index >= 15 is 0 Å². The molecule has 348 valence electrons. The average molecular weight is 860 g/mol. The van der Waals surface area contributed by atoms with Crippen LogP contribution < -0.4 is 27.0 Å². The number of carbonyl (C=O) groups is 6. The zero-order valence-corrected chi connectivity index (χ0v) is 37.8. The lowest BCUT2D eigenvalue weighted by atomic mass is 9.91. The number of benzene rings is 1. The van der Waals surface area contributed by atoms with Crippen LogP contribution in [-0.2, 0) is 44.7 Å². The standard InChI is InChI=1S/C47H81N5O9/c1-37(52-47(59)42(48)34-39-25-27-41(54)28-26-39)43(55)35-40(38(2)53)22-18-21-31-50-45(57)24-17-13-8-4-6-10-14-19-29-49-44(56)23-16-12-9-5-7-11-15-20-30-51-46(58)36-61-33-32-60-3/h25-28,37,40,42,54H,4-24,29-36,48H2,1-3H3,(H,49,56)(H,50,57)(H,51,58)(H,52,59)/t37-,40-,42+/m1/s1. The minimum atomic E-state index is -0.854. The van der Waals surface area contributed by atoms with Crippen molar-refractivity contribution in [3.05, 3.63) is 29.8 Å². The van der Waals surface area contributed by atoms with E-state index in [0.717, 1.165) is 89.2 Å². The molecule has 14 nitrogen and oxygen atoms in total. The van der Waals surface area contributed by atoms with Crippen LogP contribution in [-0.4, -0.2) is 99.0 Å². The predicted octanol–water partition coefficient (Wildman–Crippen LogP) is 6.13. The second-order valence-electron chi connectivity index (χ2n) is 16.4. The lowest BCUT2D eigenvalue weighted by Crippen LogP contribution is -2.48. The van der Waals surface area contributed by atoms with Gasteiger partial charge >= 0.3 is 0 Å². The third kappa shape index (κ3) is 31.6. The summed E-state index contributed by atoms with van der Waals surface area (Å²) in [5.74, 6) is -0.948. The van der Waals surface area contributed by atoms with E-state index in [4.69, 9.17) is 15.2 Å². The molecule has 1 rings (SSSR count). The number of phenolic OH excluding ortho intramolecular Hbond substituents is 1. The molecule has 0 aliphatic rings. The number of rotatable bonds is 40. The highest BCUT2D eigenvalue weighted by atomic mass is 16.5. The van der Waals surface area contributed by atoms with E-state index in [2.05, 4.69) is 21.3 Å². The SMILES string of the molecule is COCCOCC(=O)NCCCCCCCCCCC(=O)NCCCCCCCCCCC(=O)NCCCC[C@H](CC(=O)[C@@H](C)NC(=O)[C@@H](N)Cc1ccc(O)cc1)C(C)=O. The summed E-state index contributed by atoms with van der Waals surface area (Å²) in [4.78, 5) is 73.7. The van der Waals surface area contributed by atoms with Crippen LogP contribution >= 0.6 is 0 Å². The molecule has 14 heteroatoms. The van der Waals surface area contributed by atoms with Gasteiger partial charge in [-0.15, -0.1) is 0 Å². The van der Waals surface area contributed by atoms with Crippen molar-refractivity contribution in [2.75, 3.05) is 46.6 Å². The van der Waals surface area contributed by atoms with Gasteiger partial charge in [-0.2, -0.15) is 0 Å². The van der Waals surface area contributed by atoms with Crippen molar-refractivity contribution in [2.45, 2.75) is 174 Å². The van der Waals surface area contributed by atoms with Gasteiger partial charge in [0.2, 0.25) is 23.6 Å². The van der Waals surface area contributed by atoms with Gasteiger partial charge in [0.25, 0.3) is 0 Å². The normalized spacial score (nSPS) is 12.6. The van der Waals surface area contributed by atoms with E-state index in [1.165, 1.54) is 44.7 Å². The molecule has 0 heterocycles. The Morgan fingerprint density at radius 1 is 0.639 bits per heavy atom. The molecule has 0 aromatic heterocycles. The van der Waals surface area contributed by atoms with Crippen molar-refractivity contribution in [3.8, 4) is 5.75 Å². The van der Waals surface area contributed by atoms with Gasteiger partial charge in [-0.1, -0.05) is 95.6 Å². The van der Waals surface area contributed by atoms with Crippen LogP contribution in [0, 0.1) is 5.92 Å². The molecule has 0 aliphatic carbocycles. The van der Waals surface area contributed by atoms with Crippen molar-refractivity contribution >= 4 is 35.2 Å². The van der Waals surface area contributed by atoms with Gasteiger partial charge < -0.3 is 41.6 Å². The molecule has 3 atom stereocenters. The van der Waals surface area contributed by atoms with E-state index < -0.39 is 23.9 Å². The predicted molar refractivity (Wildman–Crippen MR) is 240 cm³/mol. The fourth-order valence-corrected chi connectivity index (χ4v) is 6.92. The number of phenols is 1. The number of hydrogen-bond donors (Lipinski definition) is 6. The Balaban J connectivity index is 1.94. The first-order valence-electron chi connectivity index (χ1n) is 23.2. The van der Waals surface area contributed by atoms with E-state index in [9.17, 15) is 33.9 Å². The number of nitrogens with two attached hydrogens (primary N) is 1. The van der Waals surface area contributed by atoms with Crippen molar-refractivity contribution in [3.63, 3.8) is 0 Å². The highest BCUT2D eigenvalue weighted by molar-refractivity contribution is 5.93. The number of aromatic hydroxyl groups is 1. The summed E-state index contributed by atoms with van der Waals surface area (Å²) < 4.78 is 10.1. The third-order valence-electron chi connectivity index (χ3n) is 10.9. The highest BCUT2D eigenvalue weighted by Crippen LogP contribution is 2.17. The van der Waals surface area contributed by atoms with Crippen LogP contribution in [0.25, 0.3) is 0 Å². The summed E-state index contributed by atoms with van der Waals surface area (Å²) in [7, 11) is 1.60. The van der Waals surface area contributed by atoms with Crippen molar-refractivity contribution < 1.29 is 43.3 Å². The second-order valence-corrected chi connectivity index (χ2v) is 16.4. The molecule has 0 spiro atoms. The molecule has 61 heavy (non-hydrogen) atoms. The first kappa shape index (κ1) is 55.1. The number of amides is 4. The Kier molecular flexibility index (Phi) is 33.2. The first-order chi connectivity index (χ1) is 29.4. The zero-order chi connectivity index (χ0) is 44.9. The largest absolute Gasteiger partial charge is 0.508 e. The van der Waals surface area contributed by atoms with E-state index in [1.54, 1.807) is 26.2 Å². The molecule has 0 unspecified atom stereocenters. The van der Waals surface area contributed by atoms with Crippen molar-refractivity contribution in [2.24, 2.45) is 11.7 Å². The Labute approximate surface area is 366 Å². The molecule has 0 bridgehead atoms. The summed E-state index contributed by atoms with van der Waals surface area (Å²) in [6, 6.07) is 4.79. The van der Waals surface area contributed by atoms with Crippen LogP contribution in [0.3, 0.4) is 0 Å². The minimum Gasteiger partial charge on any atom is -0.508 e. The maximum Gasteiger partial charge on any atom is 0.245 e. The van der Waals surface area contributed by atoms with E-state index in [0.29, 0.717) is 58.4 Å². The Morgan fingerprint density at radius 3 is 1.59 bits per heavy atom. The summed E-state index contributed by atoms with van der Waals surface area (Å²) >= 11 is 0. The molecular formula is C47H81N5O9. The molecule has 1 aromatic rings. The molecule has 0 saturated carbocycles. The molecule has 0 saturated heterocycles. The van der Waals surface area contributed by atoms with Gasteiger partial charge in [0.15, 0.2) is 5.78 Å². The molecule has 4 amide bonds. The van der Waals surface area contributed by atoms with Gasteiger partial charge in [0.05, 0.1) is 25.3 Å².